The van der Waals surface area contributed by atoms with Gasteiger partial charge in [-0.1, -0.05) is 20.8 Å². The predicted molar refractivity (Wildman–Crippen MR) is 64.4 cm³/mol. The van der Waals surface area contributed by atoms with E-state index >= 15 is 0 Å². The van der Waals surface area contributed by atoms with Crippen LogP contribution in [0.1, 0.15) is 45.3 Å². The Morgan fingerprint density at radius 3 is 2.69 bits per heavy atom. The molecule has 0 radical (unpaired) electrons. The molecule has 1 rings (SSSR count). The van der Waals surface area contributed by atoms with Crippen LogP contribution in [0.4, 0.5) is 0 Å². The number of hydrogen-bond donors (Lipinski definition) is 1. The highest BCUT2D eigenvalue weighted by atomic mass is 16.5. The van der Waals surface area contributed by atoms with E-state index in [0.29, 0.717) is 5.88 Å². The first-order chi connectivity index (χ1) is 7.44. The number of aliphatic hydroxyl groups excluding tert-OH is 1. The number of pyridine rings is 1. The molecule has 0 saturated heterocycles. The summed E-state index contributed by atoms with van der Waals surface area (Å²) in [5.41, 5.74) is 1.01. The maximum absolute atomic E-state index is 10.1. The third-order valence-corrected chi connectivity index (χ3v) is 2.52. The van der Waals surface area contributed by atoms with Gasteiger partial charge in [-0.2, -0.15) is 0 Å². The molecular formula is C13H21NO2. The van der Waals surface area contributed by atoms with Crippen LogP contribution in [0.15, 0.2) is 18.3 Å². The van der Waals surface area contributed by atoms with Crippen molar-refractivity contribution in [2.45, 2.75) is 39.7 Å². The van der Waals surface area contributed by atoms with Crippen LogP contribution in [0, 0.1) is 5.41 Å². The van der Waals surface area contributed by atoms with Gasteiger partial charge < -0.3 is 9.84 Å². The summed E-state index contributed by atoms with van der Waals surface area (Å²) in [5, 5.41) is 10.1. The average molecular weight is 223 g/mol. The van der Waals surface area contributed by atoms with Crippen molar-refractivity contribution < 1.29 is 9.84 Å². The summed E-state index contributed by atoms with van der Waals surface area (Å²) in [5.74, 6) is 0.518. The van der Waals surface area contributed by atoms with Gasteiger partial charge in [-0.3, -0.25) is 0 Å². The monoisotopic (exact) mass is 223 g/mol. The smallest absolute Gasteiger partial charge is 0.218 e. The van der Waals surface area contributed by atoms with Crippen LogP contribution in [0.3, 0.4) is 0 Å². The van der Waals surface area contributed by atoms with E-state index in [1.807, 2.05) is 12.1 Å². The largest absolute Gasteiger partial charge is 0.481 e. The molecule has 3 heteroatoms. The van der Waals surface area contributed by atoms with Crippen LogP contribution in [0.5, 0.6) is 5.88 Å². The summed E-state index contributed by atoms with van der Waals surface area (Å²) in [6, 6.07) is 3.68. The molecule has 0 aliphatic rings. The van der Waals surface area contributed by atoms with Crippen molar-refractivity contribution >= 4 is 0 Å². The summed E-state index contributed by atoms with van der Waals surface area (Å²) in [4.78, 5) is 4.08. The van der Waals surface area contributed by atoms with Gasteiger partial charge in [-0.25, -0.2) is 4.98 Å². The number of methoxy groups -OCH3 is 1. The van der Waals surface area contributed by atoms with Crippen LogP contribution in [-0.4, -0.2) is 17.2 Å². The van der Waals surface area contributed by atoms with Crippen molar-refractivity contribution in [1.29, 1.82) is 0 Å². The standard InChI is InChI=1S/C13H21NO2/c1-13(2,3)8-7-11(15)10-6-5-9-14-12(10)16-4/h5-6,9,11,15H,7-8H2,1-4H3. The molecule has 0 fully saturated rings. The van der Waals surface area contributed by atoms with Gasteiger partial charge in [-0.15, -0.1) is 0 Å². The lowest BCUT2D eigenvalue weighted by Gasteiger charge is -2.21. The van der Waals surface area contributed by atoms with Crippen molar-refractivity contribution in [3.05, 3.63) is 23.9 Å². The normalized spacial score (nSPS) is 13.6. The fourth-order valence-electron chi connectivity index (χ4n) is 1.55. The highest BCUT2D eigenvalue weighted by Crippen LogP contribution is 2.30. The molecule has 0 aromatic carbocycles. The van der Waals surface area contributed by atoms with Gasteiger partial charge in [-0.05, 0) is 30.4 Å². The number of aromatic nitrogens is 1. The molecule has 0 bridgehead atoms. The summed E-state index contributed by atoms with van der Waals surface area (Å²) in [6.45, 7) is 6.50. The fraction of sp³-hybridized carbons (Fsp3) is 0.615. The topological polar surface area (TPSA) is 42.4 Å². The molecule has 1 aromatic heterocycles. The molecule has 3 nitrogen and oxygen atoms in total. The summed E-state index contributed by atoms with van der Waals surface area (Å²) in [6.07, 6.45) is 2.86. The lowest BCUT2D eigenvalue weighted by molar-refractivity contribution is 0.143. The van der Waals surface area contributed by atoms with E-state index in [2.05, 4.69) is 25.8 Å². The second-order valence-electron chi connectivity index (χ2n) is 5.22. The minimum atomic E-state index is -0.497. The molecular weight excluding hydrogens is 202 g/mol. The average Bonchev–Trinajstić information content (AvgIpc) is 2.25. The van der Waals surface area contributed by atoms with Crippen LogP contribution in [-0.2, 0) is 0 Å². The molecule has 0 aliphatic heterocycles. The van der Waals surface area contributed by atoms with Gasteiger partial charge in [0, 0.05) is 11.8 Å². The lowest BCUT2D eigenvalue weighted by Crippen LogP contribution is -2.09. The molecule has 1 heterocycles. The number of hydrogen-bond acceptors (Lipinski definition) is 3. The SMILES string of the molecule is COc1ncccc1C(O)CCC(C)(C)C. The first kappa shape index (κ1) is 13.0. The van der Waals surface area contributed by atoms with Crippen molar-refractivity contribution in [2.75, 3.05) is 7.11 Å². The Balaban J connectivity index is 2.69. The highest BCUT2D eigenvalue weighted by Gasteiger charge is 2.17. The lowest BCUT2D eigenvalue weighted by atomic mass is 9.88. The fourth-order valence-corrected chi connectivity index (χ4v) is 1.55. The molecule has 0 saturated carbocycles. The minimum Gasteiger partial charge on any atom is -0.481 e. The van der Waals surface area contributed by atoms with Gasteiger partial charge in [0.15, 0.2) is 0 Å². The number of nitrogens with zero attached hydrogens (tertiary/aromatic N) is 1. The predicted octanol–water partition coefficient (Wildman–Crippen LogP) is 2.95. The summed E-state index contributed by atoms with van der Waals surface area (Å²) < 4.78 is 5.13. The van der Waals surface area contributed by atoms with E-state index in [1.54, 1.807) is 13.3 Å². The maximum atomic E-state index is 10.1. The second-order valence-corrected chi connectivity index (χ2v) is 5.22. The quantitative estimate of drug-likeness (QED) is 0.853. The third kappa shape index (κ3) is 3.81. The molecule has 1 aromatic rings. The molecule has 0 amide bonds. The number of ether oxygens (including phenoxy) is 1. The number of rotatable bonds is 4. The molecule has 1 unspecified atom stereocenters. The Hall–Kier alpha value is -1.09. The highest BCUT2D eigenvalue weighted by molar-refractivity contribution is 5.27. The molecule has 90 valence electrons. The Bertz CT molecular complexity index is 331. The van der Waals surface area contributed by atoms with Gasteiger partial charge >= 0.3 is 0 Å². The molecule has 16 heavy (non-hydrogen) atoms. The third-order valence-electron chi connectivity index (χ3n) is 2.52. The molecule has 1 N–H and O–H groups in total. The molecule has 0 aliphatic carbocycles. The first-order valence-corrected chi connectivity index (χ1v) is 5.61. The second kappa shape index (κ2) is 5.30. The van der Waals surface area contributed by atoms with Gasteiger partial charge in [0.1, 0.15) is 0 Å². The van der Waals surface area contributed by atoms with E-state index in [1.165, 1.54) is 0 Å². The van der Waals surface area contributed by atoms with E-state index in [-0.39, 0.29) is 5.41 Å². The Kier molecular flexibility index (Phi) is 4.30. The van der Waals surface area contributed by atoms with E-state index in [9.17, 15) is 5.11 Å². The van der Waals surface area contributed by atoms with Gasteiger partial charge in [0.2, 0.25) is 5.88 Å². The first-order valence-electron chi connectivity index (χ1n) is 5.61. The van der Waals surface area contributed by atoms with Crippen molar-refractivity contribution in [2.24, 2.45) is 5.41 Å². The van der Waals surface area contributed by atoms with Crippen LogP contribution in [0.2, 0.25) is 0 Å². The Morgan fingerprint density at radius 2 is 2.12 bits per heavy atom. The van der Waals surface area contributed by atoms with E-state index < -0.39 is 6.10 Å². The molecule has 1 atom stereocenters. The van der Waals surface area contributed by atoms with Gasteiger partial charge in [0.25, 0.3) is 0 Å². The summed E-state index contributed by atoms with van der Waals surface area (Å²) in [7, 11) is 1.57. The van der Waals surface area contributed by atoms with Gasteiger partial charge in [0.05, 0.1) is 13.2 Å². The Morgan fingerprint density at radius 1 is 1.44 bits per heavy atom. The Labute approximate surface area is 97.5 Å². The zero-order valence-electron chi connectivity index (χ0n) is 10.5. The van der Waals surface area contributed by atoms with Crippen LogP contribution < -0.4 is 4.74 Å². The van der Waals surface area contributed by atoms with Crippen LogP contribution >= 0.6 is 0 Å². The minimum absolute atomic E-state index is 0.233. The summed E-state index contributed by atoms with van der Waals surface area (Å²) >= 11 is 0. The van der Waals surface area contributed by atoms with E-state index in [4.69, 9.17) is 4.74 Å². The zero-order chi connectivity index (χ0) is 12.2. The van der Waals surface area contributed by atoms with Crippen LogP contribution in [0.25, 0.3) is 0 Å². The van der Waals surface area contributed by atoms with E-state index in [0.717, 1.165) is 18.4 Å². The van der Waals surface area contributed by atoms with Crippen molar-refractivity contribution in [3.8, 4) is 5.88 Å². The van der Waals surface area contributed by atoms with Crippen molar-refractivity contribution in [1.82, 2.24) is 4.98 Å². The molecule has 0 spiro atoms. The number of aliphatic hydroxyl groups is 1. The zero-order valence-corrected chi connectivity index (χ0v) is 10.5. The maximum Gasteiger partial charge on any atom is 0.218 e. The van der Waals surface area contributed by atoms with Crippen molar-refractivity contribution in [3.63, 3.8) is 0 Å².